The predicted molar refractivity (Wildman–Crippen MR) is 124 cm³/mol. The Morgan fingerprint density at radius 1 is 1.10 bits per heavy atom. The summed E-state index contributed by atoms with van der Waals surface area (Å²) in [7, 11) is 0. The Labute approximate surface area is 186 Å². The van der Waals surface area contributed by atoms with Crippen molar-refractivity contribution in [3.05, 3.63) is 72.4 Å². The molecule has 31 heavy (non-hydrogen) atoms. The third-order valence-corrected chi connectivity index (χ3v) is 5.75. The molecule has 0 radical (unpaired) electrons. The van der Waals surface area contributed by atoms with Crippen molar-refractivity contribution in [3.63, 3.8) is 0 Å². The van der Waals surface area contributed by atoms with Crippen molar-refractivity contribution in [2.45, 2.75) is 39.3 Å². The molecule has 0 spiro atoms. The van der Waals surface area contributed by atoms with Crippen molar-refractivity contribution in [1.29, 1.82) is 0 Å². The standard InChI is InChI=1S/C22H21N3O3S.C2H6/c26-20(24-21-23-14-19(29-21)17-10-5-2-6-11-17)18-12-7-13-25(18)22(27)28-15-16-8-3-1-4-9-16;1-2/h1-6,8-11,14,18H,7,12-13,15H2,(H,23,24,26);1-2H3/t18-;/m0./s1. The minimum Gasteiger partial charge on any atom is -0.445 e. The molecule has 7 heteroatoms. The van der Waals surface area contributed by atoms with Crippen LogP contribution in [0.3, 0.4) is 0 Å². The number of likely N-dealkylation sites (tertiary alicyclic amines) is 1. The molecule has 1 N–H and O–H groups in total. The van der Waals surface area contributed by atoms with Crippen molar-refractivity contribution in [2.24, 2.45) is 0 Å². The molecule has 1 fully saturated rings. The number of hydrogen-bond donors (Lipinski definition) is 1. The van der Waals surface area contributed by atoms with Gasteiger partial charge in [0.05, 0.1) is 4.88 Å². The highest BCUT2D eigenvalue weighted by Crippen LogP contribution is 2.29. The van der Waals surface area contributed by atoms with Gasteiger partial charge in [-0.3, -0.25) is 9.69 Å². The maximum absolute atomic E-state index is 12.8. The fourth-order valence-electron chi connectivity index (χ4n) is 3.32. The van der Waals surface area contributed by atoms with Crippen LogP contribution in [0.5, 0.6) is 0 Å². The monoisotopic (exact) mass is 437 g/mol. The first-order chi connectivity index (χ1) is 15.2. The SMILES string of the molecule is CC.O=C(Nc1ncc(-c2ccccc2)s1)[C@@H]1CCCN1C(=O)OCc1ccccc1. The van der Waals surface area contributed by atoms with Crippen LogP contribution in [-0.4, -0.2) is 34.5 Å². The van der Waals surface area contributed by atoms with E-state index >= 15 is 0 Å². The number of nitrogens with zero attached hydrogens (tertiary/aromatic N) is 2. The lowest BCUT2D eigenvalue weighted by atomic mass is 10.2. The molecule has 1 aliphatic heterocycles. The van der Waals surface area contributed by atoms with Gasteiger partial charge < -0.3 is 10.1 Å². The lowest BCUT2D eigenvalue weighted by molar-refractivity contribution is -0.120. The summed E-state index contributed by atoms with van der Waals surface area (Å²) in [6, 6.07) is 18.8. The molecule has 0 bridgehead atoms. The minimum atomic E-state index is -0.539. The molecule has 2 aromatic carbocycles. The molecular formula is C24H27N3O3S. The molecule has 1 aliphatic rings. The lowest BCUT2D eigenvalue weighted by Gasteiger charge is -2.22. The van der Waals surface area contributed by atoms with Gasteiger partial charge in [0.25, 0.3) is 0 Å². The Balaban J connectivity index is 0.00000132. The Kier molecular flexibility index (Phi) is 8.18. The number of anilines is 1. The van der Waals surface area contributed by atoms with Crippen molar-refractivity contribution < 1.29 is 14.3 Å². The molecule has 1 saturated heterocycles. The van der Waals surface area contributed by atoms with Crippen molar-refractivity contribution in [3.8, 4) is 10.4 Å². The highest BCUT2D eigenvalue weighted by Gasteiger charge is 2.35. The first kappa shape index (κ1) is 22.5. The zero-order valence-corrected chi connectivity index (χ0v) is 18.6. The van der Waals surface area contributed by atoms with Crippen molar-refractivity contribution in [2.75, 3.05) is 11.9 Å². The van der Waals surface area contributed by atoms with Gasteiger partial charge in [-0.05, 0) is 24.0 Å². The third-order valence-electron chi connectivity index (χ3n) is 4.79. The van der Waals surface area contributed by atoms with E-state index in [1.807, 2.05) is 74.5 Å². The molecule has 0 saturated carbocycles. The van der Waals surface area contributed by atoms with E-state index in [4.69, 9.17) is 4.74 Å². The third kappa shape index (κ3) is 5.92. The number of thiazole rings is 1. The molecule has 4 rings (SSSR count). The summed E-state index contributed by atoms with van der Waals surface area (Å²) in [4.78, 5) is 32.0. The average molecular weight is 438 g/mol. The molecular weight excluding hydrogens is 410 g/mol. The second kappa shape index (κ2) is 11.3. The Bertz CT molecular complexity index is 976. The van der Waals surface area contributed by atoms with Gasteiger partial charge in [-0.15, -0.1) is 0 Å². The van der Waals surface area contributed by atoms with Crippen LogP contribution in [0.4, 0.5) is 9.93 Å². The van der Waals surface area contributed by atoms with E-state index in [1.165, 1.54) is 16.2 Å². The molecule has 2 heterocycles. The highest BCUT2D eigenvalue weighted by molar-refractivity contribution is 7.19. The number of benzene rings is 2. The fourth-order valence-corrected chi connectivity index (χ4v) is 4.14. The van der Waals surface area contributed by atoms with E-state index in [0.717, 1.165) is 22.4 Å². The summed E-state index contributed by atoms with van der Waals surface area (Å²) in [5, 5.41) is 3.38. The maximum Gasteiger partial charge on any atom is 0.410 e. The molecule has 3 aromatic rings. The number of hydrogen-bond acceptors (Lipinski definition) is 5. The summed E-state index contributed by atoms with van der Waals surface area (Å²) in [6.07, 6.45) is 2.67. The Morgan fingerprint density at radius 2 is 1.77 bits per heavy atom. The van der Waals surface area contributed by atoms with E-state index in [-0.39, 0.29) is 12.5 Å². The highest BCUT2D eigenvalue weighted by atomic mass is 32.1. The van der Waals surface area contributed by atoms with Crippen LogP contribution < -0.4 is 5.32 Å². The molecule has 0 unspecified atom stereocenters. The van der Waals surface area contributed by atoms with Gasteiger partial charge in [-0.1, -0.05) is 85.8 Å². The van der Waals surface area contributed by atoms with Gasteiger partial charge in [0.15, 0.2) is 5.13 Å². The molecule has 162 valence electrons. The van der Waals surface area contributed by atoms with Crippen LogP contribution in [0.15, 0.2) is 66.9 Å². The smallest absolute Gasteiger partial charge is 0.410 e. The van der Waals surface area contributed by atoms with E-state index in [1.54, 1.807) is 6.20 Å². The minimum absolute atomic E-state index is 0.192. The lowest BCUT2D eigenvalue weighted by Crippen LogP contribution is -2.43. The van der Waals surface area contributed by atoms with Gasteiger partial charge in [-0.2, -0.15) is 0 Å². The zero-order chi connectivity index (χ0) is 22.1. The van der Waals surface area contributed by atoms with Gasteiger partial charge in [-0.25, -0.2) is 9.78 Å². The Morgan fingerprint density at radius 3 is 2.48 bits per heavy atom. The van der Waals surface area contributed by atoms with Crippen molar-refractivity contribution >= 4 is 28.5 Å². The summed E-state index contributed by atoms with van der Waals surface area (Å²) < 4.78 is 5.40. The second-order valence-corrected chi connectivity index (χ2v) is 7.81. The summed E-state index contributed by atoms with van der Waals surface area (Å²) >= 11 is 1.41. The number of amides is 2. The summed E-state index contributed by atoms with van der Waals surface area (Å²) in [5.41, 5.74) is 1.97. The van der Waals surface area contributed by atoms with E-state index in [2.05, 4.69) is 10.3 Å². The number of nitrogens with one attached hydrogen (secondary N) is 1. The zero-order valence-electron chi connectivity index (χ0n) is 17.8. The number of carbonyl (C=O) groups is 2. The normalized spacial score (nSPS) is 15.0. The first-order valence-corrected chi connectivity index (χ1v) is 11.3. The van der Waals surface area contributed by atoms with Crippen molar-refractivity contribution in [1.82, 2.24) is 9.88 Å². The summed E-state index contributed by atoms with van der Waals surface area (Å²) in [6.45, 7) is 4.70. The molecule has 6 nitrogen and oxygen atoms in total. The summed E-state index contributed by atoms with van der Waals surface area (Å²) in [5.74, 6) is -0.229. The number of aromatic nitrogens is 1. The van der Waals surface area contributed by atoms with Gasteiger partial charge in [0.1, 0.15) is 12.6 Å². The number of carbonyl (C=O) groups excluding carboxylic acids is 2. The first-order valence-electron chi connectivity index (χ1n) is 10.5. The maximum atomic E-state index is 12.8. The van der Waals surface area contributed by atoms with Crippen LogP contribution in [0.25, 0.3) is 10.4 Å². The van der Waals surface area contributed by atoms with Crippen LogP contribution in [0.1, 0.15) is 32.3 Å². The van der Waals surface area contributed by atoms with Gasteiger partial charge >= 0.3 is 6.09 Å². The second-order valence-electron chi connectivity index (χ2n) is 6.78. The largest absolute Gasteiger partial charge is 0.445 e. The van der Waals surface area contributed by atoms with Crippen LogP contribution in [0, 0.1) is 0 Å². The average Bonchev–Trinajstić information content (AvgIpc) is 3.50. The Hall–Kier alpha value is -3.19. The molecule has 1 aromatic heterocycles. The van der Waals surface area contributed by atoms with Gasteiger partial charge in [0, 0.05) is 12.7 Å². The van der Waals surface area contributed by atoms with E-state index in [9.17, 15) is 9.59 Å². The molecule has 2 amide bonds. The van der Waals surface area contributed by atoms with E-state index in [0.29, 0.717) is 18.1 Å². The van der Waals surface area contributed by atoms with Crippen LogP contribution >= 0.6 is 11.3 Å². The fraction of sp³-hybridized carbons (Fsp3) is 0.292. The molecule has 0 aliphatic carbocycles. The van der Waals surface area contributed by atoms with Crippen LogP contribution in [0.2, 0.25) is 0 Å². The van der Waals surface area contributed by atoms with E-state index < -0.39 is 12.1 Å². The topological polar surface area (TPSA) is 71.5 Å². The quantitative estimate of drug-likeness (QED) is 0.566. The number of rotatable bonds is 5. The van der Waals surface area contributed by atoms with Crippen LogP contribution in [-0.2, 0) is 16.1 Å². The van der Waals surface area contributed by atoms with Gasteiger partial charge in [0.2, 0.25) is 5.91 Å². The molecule has 1 atom stereocenters. The number of ether oxygens (including phenoxy) is 1. The predicted octanol–water partition coefficient (Wildman–Crippen LogP) is 5.58.